The molecule has 59 heavy (non-hydrogen) atoms. The lowest BCUT2D eigenvalue weighted by Gasteiger charge is -2.23. The van der Waals surface area contributed by atoms with E-state index in [0.717, 1.165) is 89.9 Å². The molecule has 3 atom stereocenters. The zero-order valence-corrected chi connectivity index (χ0v) is 38.6. The number of amides is 1. The molecule has 340 valence electrons. The van der Waals surface area contributed by atoms with Crippen molar-refractivity contribution >= 4 is 13.7 Å². The van der Waals surface area contributed by atoms with Gasteiger partial charge in [-0.15, -0.1) is 0 Å². The number of phosphoric acid groups is 1. The second-order valence-corrected chi connectivity index (χ2v) is 17.0. The molecular formula is C50H89N2O6P. The molecule has 0 radical (unpaired) electrons. The molecule has 0 aromatic rings. The van der Waals surface area contributed by atoms with Crippen LogP contribution >= 0.6 is 7.82 Å². The van der Waals surface area contributed by atoms with Crippen LogP contribution in [0.5, 0.6) is 0 Å². The molecule has 0 fully saturated rings. The first kappa shape index (κ1) is 56.7. The van der Waals surface area contributed by atoms with Crippen molar-refractivity contribution in [3.8, 4) is 0 Å². The van der Waals surface area contributed by atoms with Crippen LogP contribution in [0.3, 0.4) is 0 Å². The lowest BCUT2D eigenvalue weighted by atomic mass is 10.0. The predicted octanol–water partition coefficient (Wildman–Crippen LogP) is 13.8. The summed E-state index contributed by atoms with van der Waals surface area (Å²) in [7, 11) is -4.36. The van der Waals surface area contributed by atoms with Gasteiger partial charge in [0.1, 0.15) is 0 Å². The fraction of sp³-hybridized carbons (Fsp3) is 0.700. The van der Waals surface area contributed by atoms with Gasteiger partial charge in [0.15, 0.2) is 0 Å². The number of aliphatic hydroxyl groups is 1. The predicted molar refractivity (Wildman–Crippen MR) is 253 cm³/mol. The number of unbranched alkanes of at least 4 members (excludes halogenated alkanes) is 19. The maximum Gasteiger partial charge on any atom is 0.472 e. The van der Waals surface area contributed by atoms with Gasteiger partial charge in [0.05, 0.1) is 25.4 Å². The van der Waals surface area contributed by atoms with E-state index in [2.05, 4.69) is 92.1 Å². The first-order chi connectivity index (χ1) is 28.9. The van der Waals surface area contributed by atoms with E-state index in [4.69, 9.17) is 14.8 Å². The summed E-state index contributed by atoms with van der Waals surface area (Å²) in [5.41, 5.74) is 5.38. The van der Waals surface area contributed by atoms with Crippen LogP contribution in [0.25, 0.3) is 0 Å². The van der Waals surface area contributed by atoms with E-state index in [1.807, 2.05) is 6.08 Å². The van der Waals surface area contributed by atoms with E-state index in [1.54, 1.807) is 6.08 Å². The van der Waals surface area contributed by atoms with Crippen molar-refractivity contribution < 1.29 is 28.4 Å². The number of hydrogen-bond acceptors (Lipinski definition) is 6. The standard InChI is InChI=1S/C50H89N2O6P/c1-3-5-7-9-11-13-15-17-19-21-22-23-24-25-26-28-30-32-34-36-38-40-42-44-50(54)52-48(47-58-59(55,56)57-46-45-51)49(53)43-41-39-37-35-33-31-29-27-20-18-16-14-12-10-8-6-4-2/h5,7,11,13,17,19,22-23,25-26,30,32,41,43,48-49,53H,3-4,6,8-10,12,14-16,18,20-21,24,27-29,31,33-40,42,44-47,51H2,1-2H3,(H,52,54)(H,55,56)/b7-5-,13-11-,19-17-,23-22-,26-25-,32-30-,43-41+. The highest BCUT2D eigenvalue weighted by molar-refractivity contribution is 7.47. The van der Waals surface area contributed by atoms with Crippen molar-refractivity contribution in [3.05, 3.63) is 85.1 Å². The van der Waals surface area contributed by atoms with E-state index >= 15 is 0 Å². The van der Waals surface area contributed by atoms with Crippen LogP contribution in [0.15, 0.2) is 85.1 Å². The Hall–Kier alpha value is -2.32. The second kappa shape index (κ2) is 45.2. The fourth-order valence-electron chi connectivity index (χ4n) is 6.43. The van der Waals surface area contributed by atoms with Gasteiger partial charge in [-0.3, -0.25) is 13.8 Å². The van der Waals surface area contributed by atoms with E-state index in [0.29, 0.717) is 6.42 Å². The van der Waals surface area contributed by atoms with Crippen LogP contribution < -0.4 is 11.1 Å². The van der Waals surface area contributed by atoms with Crippen LogP contribution in [0.4, 0.5) is 0 Å². The molecule has 9 heteroatoms. The SMILES string of the molecule is CC/C=C\C/C=C\C/C=C\C/C=C\C/C=C\C/C=C\CCCCCCC(=O)NC(COP(=O)(O)OCCN)C(O)/C=C/CCCCCCCCCCCCCCCCC. The molecule has 0 spiro atoms. The Morgan fingerprint density at radius 3 is 1.44 bits per heavy atom. The molecule has 0 rings (SSSR count). The van der Waals surface area contributed by atoms with Crippen molar-refractivity contribution in [3.63, 3.8) is 0 Å². The number of hydrogen-bond donors (Lipinski definition) is 4. The maximum atomic E-state index is 12.8. The van der Waals surface area contributed by atoms with Gasteiger partial charge in [0.25, 0.3) is 0 Å². The lowest BCUT2D eigenvalue weighted by Crippen LogP contribution is -2.45. The average molecular weight is 845 g/mol. The minimum Gasteiger partial charge on any atom is -0.387 e. The largest absolute Gasteiger partial charge is 0.472 e. The molecule has 5 N–H and O–H groups in total. The van der Waals surface area contributed by atoms with Crippen molar-refractivity contribution in [2.45, 2.75) is 206 Å². The van der Waals surface area contributed by atoms with Crippen LogP contribution in [0.2, 0.25) is 0 Å². The first-order valence-corrected chi connectivity index (χ1v) is 25.2. The summed E-state index contributed by atoms with van der Waals surface area (Å²) in [5.74, 6) is -0.221. The van der Waals surface area contributed by atoms with E-state index in [9.17, 15) is 19.4 Å². The summed E-state index contributed by atoms with van der Waals surface area (Å²) in [6, 6.07) is -0.880. The third kappa shape index (κ3) is 43.6. The van der Waals surface area contributed by atoms with Crippen molar-refractivity contribution in [2.24, 2.45) is 5.73 Å². The molecule has 0 saturated carbocycles. The molecule has 8 nitrogen and oxygen atoms in total. The smallest absolute Gasteiger partial charge is 0.387 e. The minimum absolute atomic E-state index is 0.0696. The Bertz CT molecular complexity index is 1190. The van der Waals surface area contributed by atoms with E-state index in [-0.39, 0.29) is 25.7 Å². The zero-order valence-electron chi connectivity index (χ0n) is 37.7. The number of allylic oxidation sites excluding steroid dienone is 13. The van der Waals surface area contributed by atoms with E-state index in [1.165, 1.54) is 83.5 Å². The van der Waals surface area contributed by atoms with Gasteiger partial charge in [0.2, 0.25) is 5.91 Å². The van der Waals surface area contributed by atoms with E-state index < -0.39 is 20.0 Å². The summed E-state index contributed by atoms with van der Waals surface area (Å²) in [5, 5.41) is 13.7. The fourth-order valence-corrected chi connectivity index (χ4v) is 7.19. The Morgan fingerprint density at radius 1 is 0.576 bits per heavy atom. The molecule has 3 unspecified atom stereocenters. The average Bonchev–Trinajstić information content (AvgIpc) is 3.22. The van der Waals surface area contributed by atoms with Gasteiger partial charge in [-0.05, 0) is 70.6 Å². The van der Waals surface area contributed by atoms with Crippen LogP contribution in [0.1, 0.15) is 194 Å². The summed E-state index contributed by atoms with van der Waals surface area (Å²) in [6.07, 6.45) is 60.6. The molecular weight excluding hydrogens is 756 g/mol. The van der Waals surface area contributed by atoms with Gasteiger partial charge in [-0.25, -0.2) is 4.57 Å². The molecule has 1 amide bonds. The van der Waals surface area contributed by atoms with Gasteiger partial charge < -0.3 is 21.1 Å². The lowest BCUT2D eigenvalue weighted by molar-refractivity contribution is -0.123. The number of aliphatic hydroxyl groups excluding tert-OH is 1. The summed E-state index contributed by atoms with van der Waals surface area (Å²) in [4.78, 5) is 22.8. The topological polar surface area (TPSA) is 131 Å². The van der Waals surface area contributed by atoms with Crippen LogP contribution in [-0.2, 0) is 18.4 Å². The number of phosphoric ester groups is 1. The van der Waals surface area contributed by atoms with Crippen molar-refractivity contribution in [1.29, 1.82) is 0 Å². The number of nitrogens with one attached hydrogen (secondary N) is 1. The number of carbonyl (C=O) groups is 1. The Morgan fingerprint density at radius 2 is 0.983 bits per heavy atom. The summed E-state index contributed by atoms with van der Waals surface area (Å²) in [6.45, 7) is 4.00. The normalized spacial score (nSPS) is 14.7. The molecule has 0 aliphatic carbocycles. The molecule has 0 bridgehead atoms. The number of nitrogens with two attached hydrogens (primary N) is 1. The molecule has 0 aromatic carbocycles. The maximum absolute atomic E-state index is 12.8. The van der Waals surface area contributed by atoms with Crippen LogP contribution in [0, 0.1) is 0 Å². The zero-order chi connectivity index (χ0) is 43.2. The monoisotopic (exact) mass is 845 g/mol. The van der Waals surface area contributed by atoms with Crippen molar-refractivity contribution in [2.75, 3.05) is 19.8 Å². The minimum atomic E-state index is -4.36. The Kier molecular flexibility index (Phi) is 43.4. The molecule has 0 heterocycles. The summed E-state index contributed by atoms with van der Waals surface area (Å²) < 4.78 is 22.2. The van der Waals surface area contributed by atoms with Gasteiger partial charge in [-0.1, -0.05) is 202 Å². The molecule has 0 aliphatic rings. The molecule has 0 saturated heterocycles. The highest BCUT2D eigenvalue weighted by atomic mass is 31.2. The Balaban J connectivity index is 4.25. The van der Waals surface area contributed by atoms with Crippen LogP contribution in [-0.4, -0.2) is 47.8 Å². The summed E-state index contributed by atoms with van der Waals surface area (Å²) >= 11 is 0. The van der Waals surface area contributed by atoms with Gasteiger partial charge in [0, 0.05) is 13.0 Å². The number of rotatable bonds is 43. The second-order valence-electron chi connectivity index (χ2n) is 15.6. The molecule has 0 aromatic heterocycles. The quantitative estimate of drug-likeness (QED) is 0.0273. The van der Waals surface area contributed by atoms with Gasteiger partial charge in [-0.2, -0.15) is 0 Å². The number of carbonyl (C=O) groups excluding carboxylic acids is 1. The van der Waals surface area contributed by atoms with Crippen molar-refractivity contribution in [1.82, 2.24) is 5.32 Å². The third-order valence-corrected chi connectivity index (χ3v) is 11.0. The van der Waals surface area contributed by atoms with Gasteiger partial charge >= 0.3 is 7.82 Å². The highest BCUT2D eigenvalue weighted by Crippen LogP contribution is 2.43. The third-order valence-electron chi connectivity index (χ3n) is 9.98. The Labute approximate surface area is 362 Å². The molecule has 0 aliphatic heterocycles. The highest BCUT2D eigenvalue weighted by Gasteiger charge is 2.26. The first-order valence-electron chi connectivity index (χ1n) is 23.7.